The fourth-order valence-corrected chi connectivity index (χ4v) is 3.03. The molecule has 19 heavy (non-hydrogen) atoms. The van der Waals surface area contributed by atoms with Gasteiger partial charge in [-0.2, -0.15) is 0 Å². The summed E-state index contributed by atoms with van der Waals surface area (Å²) in [5, 5.41) is 3.61. The van der Waals surface area contributed by atoms with Crippen LogP contribution in [-0.4, -0.2) is 36.4 Å². The molecule has 1 aromatic heterocycles. The third-order valence-corrected chi connectivity index (χ3v) is 4.06. The smallest absolute Gasteiger partial charge is 0.211 e. The summed E-state index contributed by atoms with van der Waals surface area (Å²) < 4.78 is 17.0. The summed E-state index contributed by atoms with van der Waals surface area (Å²) >= 11 is 0. The van der Waals surface area contributed by atoms with Crippen molar-refractivity contribution in [1.82, 2.24) is 10.3 Å². The molecule has 0 bridgehead atoms. The van der Waals surface area contributed by atoms with E-state index in [0.717, 1.165) is 50.7 Å². The van der Waals surface area contributed by atoms with E-state index in [1.807, 2.05) is 6.92 Å². The Kier molecular flexibility index (Phi) is 3.60. The van der Waals surface area contributed by atoms with Gasteiger partial charge in [0.25, 0.3) is 0 Å². The van der Waals surface area contributed by atoms with Crippen molar-refractivity contribution in [3.05, 3.63) is 17.8 Å². The van der Waals surface area contributed by atoms with Crippen molar-refractivity contribution in [2.24, 2.45) is 0 Å². The Labute approximate surface area is 113 Å². The molecule has 1 spiro atoms. The van der Waals surface area contributed by atoms with Gasteiger partial charge in [0.05, 0.1) is 24.4 Å². The largest absolute Gasteiger partial charge is 0.444 e. The van der Waals surface area contributed by atoms with Crippen molar-refractivity contribution in [1.29, 1.82) is 0 Å². The summed E-state index contributed by atoms with van der Waals surface area (Å²) in [5.41, 5.74) is -0.0534. The van der Waals surface area contributed by atoms with Gasteiger partial charge in [0.1, 0.15) is 5.76 Å². The maximum Gasteiger partial charge on any atom is 0.211 e. The third-order valence-electron chi connectivity index (χ3n) is 4.06. The molecule has 5 nitrogen and oxygen atoms in total. The number of hydrogen-bond donors (Lipinski definition) is 1. The van der Waals surface area contributed by atoms with Crippen molar-refractivity contribution in [3.63, 3.8) is 0 Å². The van der Waals surface area contributed by atoms with Gasteiger partial charge in [0, 0.05) is 25.7 Å². The van der Waals surface area contributed by atoms with Crippen molar-refractivity contribution in [2.75, 3.05) is 19.8 Å². The van der Waals surface area contributed by atoms with Gasteiger partial charge in [0.15, 0.2) is 0 Å². The van der Waals surface area contributed by atoms with Crippen LogP contribution < -0.4 is 5.32 Å². The average Bonchev–Trinajstić information content (AvgIpc) is 2.99. The molecule has 2 aliphatic rings. The van der Waals surface area contributed by atoms with Gasteiger partial charge < -0.3 is 19.2 Å². The van der Waals surface area contributed by atoms with E-state index >= 15 is 0 Å². The van der Waals surface area contributed by atoms with Gasteiger partial charge in [0.2, 0.25) is 5.89 Å². The molecule has 106 valence electrons. The average molecular weight is 266 g/mol. The van der Waals surface area contributed by atoms with E-state index < -0.39 is 0 Å². The normalized spacial score (nSPS) is 32.8. The van der Waals surface area contributed by atoms with E-state index in [9.17, 15) is 0 Å². The first-order valence-electron chi connectivity index (χ1n) is 7.07. The lowest BCUT2D eigenvalue weighted by Crippen LogP contribution is -2.48. The van der Waals surface area contributed by atoms with Crippen LogP contribution in [0.2, 0.25) is 0 Å². The first-order valence-corrected chi connectivity index (χ1v) is 7.07. The van der Waals surface area contributed by atoms with Crippen LogP contribution in [0.1, 0.15) is 43.9 Å². The molecule has 1 aromatic rings. The number of nitrogens with zero attached hydrogens (tertiary/aromatic N) is 1. The monoisotopic (exact) mass is 266 g/mol. The third kappa shape index (κ3) is 2.83. The highest BCUT2D eigenvalue weighted by Gasteiger charge is 2.41. The van der Waals surface area contributed by atoms with Gasteiger partial charge in [-0.05, 0) is 26.7 Å². The molecular formula is C14H22N2O3. The Morgan fingerprint density at radius 1 is 1.47 bits per heavy atom. The van der Waals surface area contributed by atoms with Crippen LogP contribution in [0.25, 0.3) is 0 Å². The van der Waals surface area contributed by atoms with Gasteiger partial charge >= 0.3 is 0 Å². The minimum absolute atomic E-state index is 0.0534. The quantitative estimate of drug-likeness (QED) is 0.906. The van der Waals surface area contributed by atoms with Gasteiger partial charge in [-0.25, -0.2) is 4.98 Å². The van der Waals surface area contributed by atoms with Crippen molar-refractivity contribution in [2.45, 2.75) is 50.8 Å². The number of aryl methyl sites for hydroxylation is 1. The molecule has 0 saturated carbocycles. The zero-order valence-corrected chi connectivity index (χ0v) is 11.6. The van der Waals surface area contributed by atoms with Crippen LogP contribution in [0.15, 0.2) is 10.6 Å². The van der Waals surface area contributed by atoms with Crippen LogP contribution >= 0.6 is 0 Å². The molecule has 3 atom stereocenters. The predicted molar refractivity (Wildman–Crippen MR) is 69.9 cm³/mol. The van der Waals surface area contributed by atoms with Crippen molar-refractivity contribution in [3.8, 4) is 0 Å². The summed E-state index contributed by atoms with van der Waals surface area (Å²) in [6.45, 7) is 6.37. The van der Waals surface area contributed by atoms with Crippen LogP contribution in [0, 0.1) is 6.92 Å². The van der Waals surface area contributed by atoms with Crippen LogP contribution in [0.5, 0.6) is 0 Å². The lowest BCUT2D eigenvalue weighted by atomic mass is 9.89. The molecule has 2 fully saturated rings. The molecule has 0 aromatic carbocycles. The Balaban J connectivity index is 1.60. The van der Waals surface area contributed by atoms with Crippen LogP contribution in [0.3, 0.4) is 0 Å². The number of nitrogens with one attached hydrogen (secondary N) is 1. The first kappa shape index (κ1) is 13.1. The van der Waals surface area contributed by atoms with E-state index in [-0.39, 0.29) is 11.6 Å². The lowest BCUT2D eigenvalue weighted by Gasteiger charge is -2.38. The zero-order chi connectivity index (χ0) is 13.3. The lowest BCUT2D eigenvalue weighted by molar-refractivity contribution is -0.0904. The molecule has 0 aliphatic carbocycles. The molecular weight excluding hydrogens is 244 g/mol. The zero-order valence-electron chi connectivity index (χ0n) is 11.6. The molecule has 2 aliphatic heterocycles. The first-order chi connectivity index (χ1) is 9.17. The molecule has 1 N–H and O–H groups in total. The number of ether oxygens (including phenoxy) is 2. The van der Waals surface area contributed by atoms with Crippen LogP contribution in [0.4, 0.5) is 0 Å². The minimum Gasteiger partial charge on any atom is -0.444 e. The fraction of sp³-hybridized carbons (Fsp3) is 0.786. The molecule has 0 radical (unpaired) electrons. The molecule has 0 amide bonds. The molecule has 3 unspecified atom stereocenters. The summed E-state index contributed by atoms with van der Waals surface area (Å²) in [5.74, 6) is 1.62. The Morgan fingerprint density at radius 2 is 2.37 bits per heavy atom. The number of aromatic nitrogens is 1. The van der Waals surface area contributed by atoms with Crippen molar-refractivity contribution < 1.29 is 13.9 Å². The number of rotatable bonds is 3. The van der Waals surface area contributed by atoms with E-state index in [4.69, 9.17) is 13.9 Å². The van der Waals surface area contributed by atoms with E-state index in [2.05, 4.69) is 17.2 Å². The van der Waals surface area contributed by atoms with E-state index in [0.29, 0.717) is 6.04 Å². The Hall–Kier alpha value is -0.910. The Bertz CT molecular complexity index is 426. The molecule has 5 heteroatoms. The van der Waals surface area contributed by atoms with Gasteiger partial charge in [-0.1, -0.05) is 0 Å². The second-order valence-electron chi connectivity index (χ2n) is 5.72. The molecule has 2 saturated heterocycles. The standard InChI is InChI=1S/C14H22N2O3/c1-10-8-15-13(19-10)11(2)16-12-3-5-18-14(7-12)4-6-17-9-14/h8,11-12,16H,3-7,9H2,1-2H3. The maximum absolute atomic E-state index is 5.94. The summed E-state index contributed by atoms with van der Waals surface area (Å²) in [6.07, 6.45) is 4.82. The summed E-state index contributed by atoms with van der Waals surface area (Å²) in [7, 11) is 0. The fourth-order valence-electron chi connectivity index (χ4n) is 3.03. The highest BCUT2D eigenvalue weighted by molar-refractivity contribution is 4.98. The van der Waals surface area contributed by atoms with E-state index in [1.165, 1.54) is 0 Å². The van der Waals surface area contributed by atoms with Crippen molar-refractivity contribution >= 4 is 0 Å². The minimum atomic E-state index is -0.0534. The second kappa shape index (κ2) is 5.23. The number of hydrogen-bond acceptors (Lipinski definition) is 5. The SMILES string of the molecule is Cc1cnc(C(C)NC2CCOC3(CCOC3)C2)o1. The van der Waals surface area contributed by atoms with E-state index in [1.54, 1.807) is 6.20 Å². The van der Waals surface area contributed by atoms with Gasteiger partial charge in [-0.15, -0.1) is 0 Å². The Morgan fingerprint density at radius 3 is 3.05 bits per heavy atom. The second-order valence-corrected chi connectivity index (χ2v) is 5.72. The molecule has 3 heterocycles. The summed E-state index contributed by atoms with van der Waals surface area (Å²) in [4.78, 5) is 4.29. The summed E-state index contributed by atoms with van der Waals surface area (Å²) in [6, 6.07) is 0.578. The highest BCUT2D eigenvalue weighted by Crippen LogP contribution is 2.33. The molecule has 3 rings (SSSR count). The highest BCUT2D eigenvalue weighted by atomic mass is 16.6. The number of oxazole rings is 1. The predicted octanol–water partition coefficient (Wildman–Crippen LogP) is 1.97. The maximum atomic E-state index is 5.94. The topological polar surface area (TPSA) is 56.5 Å². The van der Waals surface area contributed by atoms with Crippen LogP contribution in [-0.2, 0) is 9.47 Å². The van der Waals surface area contributed by atoms with Gasteiger partial charge in [-0.3, -0.25) is 0 Å².